The smallest absolute Gasteiger partial charge is 0.417 e. The molecule has 0 spiro atoms. The van der Waals surface area contributed by atoms with Crippen molar-refractivity contribution in [3.8, 4) is 0 Å². The highest BCUT2D eigenvalue weighted by atomic mass is 16.6. The van der Waals surface area contributed by atoms with Crippen LogP contribution in [0.5, 0.6) is 0 Å². The molecule has 1 heterocycles. The van der Waals surface area contributed by atoms with E-state index in [4.69, 9.17) is 9.47 Å². The lowest BCUT2D eigenvalue weighted by atomic mass is 10.1. The molecule has 4 heteroatoms. The van der Waals surface area contributed by atoms with Gasteiger partial charge >= 0.3 is 11.9 Å². The zero-order valence-electron chi connectivity index (χ0n) is 7.20. The molecule has 0 aromatic carbocycles. The van der Waals surface area contributed by atoms with Gasteiger partial charge in [0.15, 0.2) is 0 Å². The fourth-order valence-corrected chi connectivity index (χ4v) is 1.22. The normalized spacial score (nSPS) is 29.5. The Balaban J connectivity index is 2.64. The highest BCUT2D eigenvalue weighted by Gasteiger charge is 2.35. The number of hydrogen-bond acceptors (Lipinski definition) is 4. The third-order valence-electron chi connectivity index (χ3n) is 1.90. The van der Waals surface area contributed by atoms with Crippen LogP contribution in [0, 0.1) is 0 Å². The molecule has 68 valence electrons. The van der Waals surface area contributed by atoms with Crippen LogP contribution in [0.3, 0.4) is 0 Å². The highest BCUT2D eigenvalue weighted by molar-refractivity contribution is 6.30. The van der Waals surface area contributed by atoms with Crippen LogP contribution >= 0.6 is 0 Å². The summed E-state index contributed by atoms with van der Waals surface area (Å²) in [6.45, 7) is 3.78. The summed E-state index contributed by atoms with van der Waals surface area (Å²) >= 11 is 0. The van der Waals surface area contributed by atoms with E-state index in [0.29, 0.717) is 12.8 Å². The number of hydrogen-bond donors (Lipinski definition) is 0. The minimum atomic E-state index is -0.869. The highest BCUT2D eigenvalue weighted by Crippen LogP contribution is 2.17. The molecular weight excluding hydrogens is 160 g/mol. The average Bonchev–Trinajstić information content (AvgIpc) is 2.09. The molecule has 1 rings (SSSR count). The molecule has 0 N–H and O–H groups in total. The number of ether oxygens (including phenoxy) is 2. The molecule has 0 amide bonds. The monoisotopic (exact) mass is 172 g/mol. The van der Waals surface area contributed by atoms with E-state index < -0.39 is 11.9 Å². The van der Waals surface area contributed by atoms with Crippen molar-refractivity contribution in [2.24, 2.45) is 0 Å². The van der Waals surface area contributed by atoms with E-state index in [-0.39, 0.29) is 12.2 Å². The van der Waals surface area contributed by atoms with Crippen LogP contribution in [0.25, 0.3) is 0 Å². The Morgan fingerprint density at radius 2 is 1.33 bits per heavy atom. The Bertz CT molecular complexity index is 177. The van der Waals surface area contributed by atoms with E-state index in [2.05, 4.69) is 0 Å². The summed E-state index contributed by atoms with van der Waals surface area (Å²) in [6, 6.07) is 0. The molecule has 0 aliphatic carbocycles. The molecule has 1 aliphatic rings. The Hall–Kier alpha value is -1.06. The second-order valence-corrected chi connectivity index (χ2v) is 2.70. The molecule has 0 bridgehead atoms. The molecule has 1 saturated heterocycles. The van der Waals surface area contributed by atoms with E-state index in [0.717, 1.165) is 0 Å². The van der Waals surface area contributed by atoms with E-state index in [1.54, 1.807) is 0 Å². The van der Waals surface area contributed by atoms with Crippen LogP contribution in [0.1, 0.15) is 26.7 Å². The van der Waals surface area contributed by atoms with E-state index in [1.165, 1.54) is 0 Å². The molecule has 12 heavy (non-hydrogen) atoms. The van der Waals surface area contributed by atoms with E-state index in [1.807, 2.05) is 13.8 Å². The minimum Gasteiger partial charge on any atom is -0.450 e. The number of cyclic esters (lactones) is 2. The van der Waals surface area contributed by atoms with Gasteiger partial charge in [-0.05, 0) is 12.8 Å². The van der Waals surface area contributed by atoms with Crippen molar-refractivity contribution in [1.29, 1.82) is 0 Å². The third kappa shape index (κ3) is 1.57. The predicted octanol–water partition coefficient (Wildman–Crippen LogP) is 0.644. The molecule has 1 aliphatic heterocycles. The first-order valence-electron chi connectivity index (χ1n) is 4.10. The van der Waals surface area contributed by atoms with Crippen LogP contribution < -0.4 is 0 Å². The van der Waals surface area contributed by atoms with Crippen molar-refractivity contribution in [2.45, 2.75) is 38.9 Å². The zero-order valence-corrected chi connectivity index (χ0v) is 7.20. The van der Waals surface area contributed by atoms with Crippen molar-refractivity contribution < 1.29 is 19.1 Å². The van der Waals surface area contributed by atoms with Crippen LogP contribution in [-0.4, -0.2) is 24.1 Å². The molecular formula is C8H12O4. The maximum Gasteiger partial charge on any atom is 0.417 e. The molecule has 0 aromatic rings. The van der Waals surface area contributed by atoms with Crippen molar-refractivity contribution in [2.75, 3.05) is 0 Å². The van der Waals surface area contributed by atoms with Gasteiger partial charge in [0.05, 0.1) is 0 Å². The lowest BCUT2D eigenvalue weighted by Gasteiger charge is -2.28. The number of carbonyl (C=O) groups is 2. The summed E-state index contributed by atoms with van der Waals surface area (Å²) in [7, 11) is 0. The number of rotatable bonds is 2. The number of esters is 2. The molecule has 1 fully saturated rings. The van der Waals surface area contributed by atoms with Crippen molar-refractivity contribution in [3.63, 3.8) is 0 Å². The minimum absolute atomic E-state index is 0.264. The molecule has 0 radical (unpaired) electrons. The van der Waals surface area contributed by atoms with E-state index in [9.17, 15) is 9.59 Å². The summed E-state index contributed by atoms with van der Waals surface area (Å²) < 4.78 is 9.68. The van der Waals surface area contributed by atoms with Gasteiger partial charge in [0.2, 0.25) is 0 Å². The second kappa shape index (κ2) is 3.56. The van der Waals surface area contributed by atoms with Gasteiger partial charge < -0.3 is 9.47 Å². The summed E-state index contributed by atoms with van der Waals surface area (Å²) in [5.74, 6) is -1.74. The topological polar surface area (TPSA) is 52.6 Å². The molecule has 2 atom stereocenters. The van der Waals surface area contributed by atoms with Crippen molar-refractivity contribution >= 4 is 11.9 Å². The lowest BCUT2D eigenvalue weighted by molar-refractivity contribution is -0.195. The van der Waals surface area contributed by atoms with Gasteiger partial charge in [-0.2, -0.15) is 0 Å². The van der Waals surface area contributed by atoms with Gasteiger partial charge in [-0.3, -0.25) is 0 Å². The summed E-state index contributed by atoms with van der Waals surface area (Å²) in [5.41, 5.74) is 0. The second-order valence-electron chi connectivity index (χ2n) is 2.70. The van der Waals surface area contributed by atoms with Crippen LogP contribution in [0.2, 0.25) is 0 Å². The fraction of sp³-hybridized carbons (Fsp3) is 0.750. The predicted molar refractivity (Wildman–Crippen MR) is 40.3 cm³/mol. The first-order valence-corrected chi connectivity index (χ1v) is 4.10. The molecule has 2 unspecified atom stereocenters. The van der Waals surface area contributed by atoms with Gasteiger partial charge in [-0.15, -0.1) is 0 Å². The number of carbonyl (C=O) groups excluding carboxylic acids is 2. The van der Waals surface area contributed by atoms with E-state index >= 15 is 0 Å². The van der Waals surface area contributed by atoms with Crippen LogP contribution in [0.15, 0.2) is 0 Å². The van der Waals surface area contributed by atoms with Crippen molar-refractivity contribution in [1.82, 2.24) is 0 Å². The summed E-state index contributed by atoms with van der Waals surface area (Å²) in [5, 5.41) is 0. The van der Waals surface area contributed by atoms with Crippen LogP contribution in [-0.2, 0) is 19.1 Å². The van der Waals surface area contributed by atoms with Crippen LogP contribution in [0.4, 0.5) is 0 Å². The molecule has 0 aromatic heterocycles. The van der Waals surface area contributed by atoms with Gasteiger partial charge in [0, 0.05) is 0 Å². The van der Waals surface area contributed by atoms with Gasteiger partial charge in [-0.1, -0.05) is 13.8 Å². The summed E-state index contributed by atoms with van der Waals surface area (Å²) in [6.07, 6.45) is 0.829. The Labute approximate surface area is 70.8 Å². The standard InChI is InChI=1S/C8H12O4/c1-3-5-6(4-2)12-8(10)7(9)11-5/h5-6H,3-4H2,1-2H3. The first kappa shape index (κ1) is 9.03. The van der Waals surface area contributed by atoms with Gasteiger partial charge in [-0.25, -0.2) is 9.59 Å². The SMILES string of the molecule is CCC1OC(=O)C(=O)OC1CC. The lowest BCUT2D eigenvalue weighted by Crippen LogP contribution is -2.43. The quantitative estimate of drug-likeness (QED) is 0.453. The first-order chi connectivity index (χ1) is 5.69. The maximum absolute atomic E-state index is 10.7. The van der Waals surface area contributed by atoms with Crippen molar-refractivity contribution in [3.05, 3.63) is 0 Å². The Morgan fingerprint density at radius 3 is 1.58 bits per heavy atom. The molecule has 0 saturated carbocycles. The largest absolute Gasteiger partial charge is 0.450 e. The average molecular weight is 172 g/mol. The van der Waals surface area contributed by atoms with Gasteiger partial charge in [0.25, 0.3) is 0 Å². The third-order valence-corrected chi connectivity index (χ3v) is 1.90. The van der Waals surface area contributed by atoms with Gasteiger partial charge in [0.1, 0.15) is 12.2 Å². The summed E-state index contributed by atoms with van der Waals surface area (Å²) in [4.78, 5) is 21.5. The Kier molecular flexibility index (Phi) is 2.68. The zero-order chi connectivity index (χ0) is 9.14. The fourth-order valence-electron chi connectivity index (χ4n) is 1.22. The molecule has 4 nitrogen and oxygen atoms in total. The maximum atomic E-state index is 10.7. The Morgan fingerprint density at radius 1 is 1.00 bits per heavy atom.